The van der Waals surface area contributed by atoms with Crippen molar-refractivity contribution in [2.75, 3.05) is 9.80 Å². The van der Waals surface area contributed by atoms with E-state index in [9.17, 15) is 0 Å². The minimum absolute atomic E-state index is 0.0920. The molecule has 0 spiro atoms. The summed E-state index contributed by atoms with van der Waals surface area (Å²) in [5.74, 6) is 0. The van der Waals surface area contributed by atoms with Gasteiger partial charge in [0.2, 0.25) is 0 Å². The molecule has 55 heavy (non-hydrogen) atoms. The van der Waals surface area contributed by atoms with Gasteiger partial charge in [-0.05, 0) is 96.2 Å². The molecule has 0 amide bonds. The van der Waals surface area contributed by atoms with E-state index in [0.717, 1.165) is 0 Å². The second-order valence-corrected chi connectivity index (χ2v) is 19.4. The SMILES string of the molecule is CC(C)(C)c1c(N2c3cccc4c3B(c3sc5ccccc5c3N4c3ccc4ccccc4c3C(C)(C)C)c3c2sc2ccccc32)ccc2ccccc12. The van der Waals surface area contributed by atoms with E-state index in [2.05, 4.69) is 191 Å². The van der Waals surface area contributed by atoms with Crippen LogP contribution in [0.15, 0.2) is 140 Å². The lowest BCUT2D eigenvalue weighted by Crippen LogP contribution is -2.60. The van der Waals surface area contributed by atoms with Crippen molar-refractivity contribution in [2.45, 2.75) is 52.4 Å². The lowest BCUT2D eigenvalue weighted by molar-refractivity contribution is 0.596. The van der Waals surface area contributed by atoms with Crippen LogP contribution in [-0.2, 0) is 10.8 Å². The fourth-order valence-corrected chi connectivity index (χ4v) is 12.4. The average Bonchev–Trinajstić information content (AvgIpc) is 3.75. The number of hydrogen-bond acceptors (Lipinski definition) is 4. The van der Waals surface area contributed by atoms with Gasteiger partial charge >= 0.3 is 0 Å². The number of rotatable bonds is 2. The molecular weight excluding hydrogens is 704 g/mol. The molecule has 9 aromatic rings. The number of nitrogens with zero attached hydrogens (tertiary/aromatic N) is 2. The zero-order valence-electron chi connectivity index (χ0n) is 32.1. The summed E-state index contributed by atoms with van der Waals surface area (Å²) in [7, 11) is 0. The van der Waals surface area contributed by atoms with Gasteiger partial charge in [-0.2, -0.15) is 0 Å². The van der Waals surface area contributed by atoms with Crippen molar-refractivity contribution in [2.24, 2.45) is 0 Å². The summed E-state index contributed by atoms with van der Waals surface area (Å²) in [4.78, 5) is 5.29. The molecule has 0 saturated carbocycles. The molecule has 0 fully saturated rings. The highest BCUT2D eigenvalue weighted by molar-refractivity contribution is 7.35. The normalized spacial score (nSPS) is 13.9. The second kappa shape index (κ2) is 11.6. The topological polar surface area (TPSA) is 6.48 Å². The van der Waals surface area contributed by atoms with E-state index in [0.29, 0.717) is 0 Å². The molecule has 0 atom stereocenters. The third kappa shape index (κ3) is 4.66. The Bertz CT molecular complexity index is 3050. The molecule has 7 aromatic carbocycles. The molecule has 2 aliphatic rings. The van der Waals surface area contributed by atoms with E-state index in [4.69, 9.17) is 0 Å². The Morgan fingerprint density at radius 1 is 0.418 bits per heavy atom. The van der Waals surface area contributed by atoms with Crippen LogP contribution in [0.2, 0.25) is 0 Å². The zero-order chi connectivity index (χ0) is 37.4. The Kier molecular flexibility index (Phi) is 6.95. The molecule has 2 aromatic heterocycles. The van der Waals surface area contributed by atoms with Crippen molar-refractivity contribution in [1.82, 2.24) is 0 Å². The average molecular weight is 745 g/mol. The third-order valence-corrected chi connectivity index (χ3v) is 14.2. The van der Waals surface area contributed by atoms with Crippen LogP contribution in [0.4, 0.5) is 33.4 Å². The van der Waals surface area contributed by atoms with E-state index in [-0.39, 0.29) is 17.5 Å². The number of thiophene rings is 2. The van der Waals surface area contributed by atoms with Gasteiger partial charge in [-0.3, -0.25) is 0 Å². The molecule has 0 saturated heterocycles. The summed E-state index contributed by atoms with van der Waals surface area (Å²) >= 11 is 3.92. The number of anilines is 6. The number of hydrogen-bond donors (Lipinski definition) is 0. The predicted octanol–water partition coefficient (Wildman–Crippen LogP) is 13.1. The molecular formula is C50H41BN2S2. The van der Waals surface area contributed by atoms with Crippen molar-refractivity contribution in [1.29, 1.82) is 0 Å². The zero-order valence-corrected chi connectivity index (χ0v) is 33.7. The Hall–Kier alpha value is -5.36. The van der Waals surface area contributed by atoms with Crippen LogP contribution >= 0.6 is 22.7 Å². The van der Waals surface area contributed by atoms with E-state index in [1.54, 1.807) is 0 Å². The summed E-state index contributed by atoms with van der Waals surface area (Å²) in [5.41, 5.74) is 11.8. The lowest BCUT2D eigenvalue weighted by Gasteiger charge is -2.44. The summed E-state index contributed by atoms with van der Waals surface area (Å²) in [6, 6.07) is 52.6. The highest BCUT2D eigenvalue weighted by Gasteiger charge is 2.48. The lowest BCUT2D eigenvalue weighted by atomic mass is 9.36. The third-order valence-electron chi connectivity index (χ3n) is 11.8. The molecule has 0 unspecified atom stereocenters. The summed E-state index contributed by atoms with van der Waals surface area (Å²) in [6.07, 6.45) is 0. The predicted molar refractivity (Wildman–Crippen MR) is 244 cm³/mol. The molecule has 266 valence electrons. The van der Waals surface area contributed by atoms with Crippen molar-refractivity contribution >= 4 is 120 Å². The molecule has 2 aliphatic heterocycles. The quantitative estimate of drug-likeness (QED) is 0.163. The maximum absolute atomic E-state index is 2.65. The number of benzene rings is 7. The van der Waals surface area contributed by atoms with Gasteiger partial charge in [0.15, 0.2) is 0 Å². The van der Waals surface area contributed by atoms with Gasteiger partial charge in [0, 0.05) is 30.9 Å². The van der Waals surface area contributed by atoms with E-state index in [1.807, 2.05) is 22.7 Å². The first-order valence-electron chi connectivity index (χ1n) is 19.4. The van der Waals surface area contributed by atoms with Crippen molar-refractivity contribution in [3.05, 3.63) is 151 Å². The van der Waals surface area contributed by atoms with Gasteiger partial charge in [-0.25, -0.2) is 0 Å². The van der Waals surface area contributed by atoms with Crippen LogP contribution in [0.25, 0.3) is 41.7 Å². The van der Waals surface area contributed by atoms with Crippen molar-refractivity contribution < 1.29 is 0 Å². The Balaban J connectivity index is 1.30. The first-order chi connectivity index (χ1) is 26.6. The molecule has 4 heterocycles. The highest BCUT2D eigenvalue weighted by atomic mass is 32.1. The molecule has 0 N–H and O–H groups in total. The fraction of sp³-hybridized carbons (Fsp3) is 0.160. The first-order valence-corrected chi connectivity index (χ1v) is 21.0. The van der Waals surface area contributed by atoms with Gasteiger partial charge in [0.25, 0.3) is 6.71 Å². The largest absolute Gasteiger partial charge is 0.310 e. The minimum atomic E-state index is -0.108. The fourth-order valence-electron chi connectivity index (χ4n) is 9.80. The molecule has 2 nitrogen and oxygen atoms in total. The Labute approximate surface area is 331 Å². The summed E-state index contributed by atoms with van der Waals surface area (Å²) in [6.45, 7) is 14.3. The summed E-state index contributed by atoms with van der Waals surface area (Å²) in [5, 5.41) is 9.21. The van der Waals surface area contributed by atoms with Crippen molar-refractivity contribution in [3.63, 3.8) is 0 Å². The monoisotopic (exact) mass is 744 g/mol. The molecule has 11 rings (SSSR count). The number of fused-ring (bicyclic) bond motifs is 10. The van der Waals surface area contributed by atoms with E-state index < -0.39 is 0 Å². The maximum atomic E-state index is 2.65. The Morgan fingerprint density at radius 2 is 0.909 bits per heavy atom. The van der Waals surface area contributed by atoms with E-state index >= 15 is 0 Å². The van der Waals surface area contributed by atoms with Gasteiger partial charge in [0.05, 0.1) is 22.1 Å². The van der Waals surface area contributed by atoms with Gasteiger partial charge in [0.1, 0.15) is 0 Å². The van der Waals surface area contributed by atoms with Gasteiger partial charge in [-0.15, -0.1) is 22.7 Å². The molecule has 5 heteroatoms. The highest BCUT2D eigenvalue weighted by Crippen LogP contribution is 2.53. The standard InChI is InChI=1S/C50H41BN2S2/c1-49(2,3)42-32-18-9-7-16-30(32)26-28-36(42)52-38-22-15-23-39-45(38)51(47-46(52)35-21-12-14-25-41(35)54-47)44-34-20-11-13-24-40(34)55-48(44)53(39)37-29-27-31-17-8-10-19-33(31)43(37)50(4,5)6/h7-29H,1-6H3. The van der Waals surface area contributed by atoms with Gasteiger partial charge < -0.3 is 9.80 Å². The minimum Gasteiger partial charge on any atom is -0.310 e. The molecule has 0 aliphatic carbocycles. The maximum Gasteiger partial charge on any atom is 0.266 e. The Morgan fingerprint density at radius 3 is 1.51 bits per heavy atom. The van der Waals surface area contributed by atoms with Crippen LogP contribution in [-0.4, -0.2) is 6.71 Å². The van der Waals surface area contributed by atoms with Crippen LogP contribution in [0, 0.1) is 0 Å². The van der Waals surface area contributed by atoms with Crippen LogP contribution in [0.5, 0.6) is 0 Å². The van der Waals surface area contributed by atoms with Crippen molar-refractivity contribution in [3.8, 4) is 0 Å². The summed E-state index contributed by atoms with van der Waals surface area (Å²) < 4.78 is 4.09. The van der Waals surface area contributed by atoms with Crippen LogP contribution < -0.4 is 25.5 Å². The van der Waals surface area contributed by atoms with E-state index in [1.165, 1.54) is 102 Å². The smallest absolute Gasteiger partial charge is 0.266 e. The molecule has 0 bridgehead atoms. The first kappa shape index (κ1) is 33.0. The molecule has 0 radical (unpaired) electrons. The van der Waals surface area contributed by atoms with Gasteiger partial charge in [-0.1, -0.05) is 145 Å². The van der Waals surface area contributed by atoms with Crippen LogP contribution in [0.3, 0.4) is 0 Å². The van der Waals surface area contributed by atoms with Crippen LogP contribution in [0.1, 0.15) is 52.7 Å². The second-order valence-electron chi connectivity index (χ2n) is 17.3.